The Morgan fingerprint density at radius 2 is 1.68 bits per heavy atom. The van der Waals surface area contributed by atoms with Gasteiger partial charge in [0.25, 0.3) is 5.69 Å². The third-order valence-corrected chi connectivity index (χ3v) is 3.66. The van der Waals surface area contributed by atoms with Crippen molar-refractivity contribution in [3.05, 3.63) is 69.4 Å². The van der Waals surface area contributed by atoms with E-state index >= 15 is 0 Å². The van der Waals surface area contributed by atoms with Crippen LogP contribution in [0, 0.1) is 40.3 Å². The van der Waals surface area contributed by atoms with E-state index < -0.39 is 33.9 Å². The highest BCUT2D eigenvalue weighted by molar-refractivity contribution is 5.99. The number of benzene rings is 2. The zero-order valence-corrected chi connectivity index (χ0v) is 12.6. The summed E-state index contributed by atoms with van der Waals surface area (Å²) in [6.07, 6.45) is 1.18. The molecule has 0 bridgehead atoms. The standard InChI is InChI=1S/C16H9F4N3O2/c1-7-2-3-9-8(15(7)23(24)25)4-5-21-16(9)22-14-12(19)10(17)6-11(18)13(14)20/h2-6H,1H3,(H,21,22). The molecule has 0 aliphatic rings. The lowest BCUT2D eigenvalue weighted by Crippen LogP contribution is -2.05. The first kappa shape index (κ1) is 16.6. The molecule has 0 saturated heterocycles. The molecule has 0 unspecified atom stereocenters. The smallest absolute Gasteiger partial charge is 0.280 e. The summed E-state index contributed by atoms with van der Waals surface area (Å²) in [5.74, 6) is -6.59. The molecule has 9 heteroatoms. The monoisotopic (exact) mass is 351 g/mol. The van der Waals surface area contributed by atoms with Gasteiger partial charge in [0.15, 0.2) is 23.3 Å². The van der Waals surface area contributed by atoms with Crippen LogP contribution < -0.4 is 5.32 Å². The Bertz CT molecular complexity index is 998. The summed E-state index contributed by atoms with van der Waals surface area (Å²) in [7, 11) is 0. The first-order chi connectivity index (χ1) is 11.8. The molecule has 1 N–H and O–H groups in total. The Balaban J connectivity index is 2.23. The van der Waals surface area contributed by atoms with Gasteiger partial charge < -0.3 is 5.32 Å². The van der Waals surface area contributed by atoms with E-state index in [1.54, 1.807) is 0 Å². The van der Waals surface area contributed by atoms with Crippen LogP contribution in [0.2, 0.25) is 0 Å². The molecule has 0 spiro atoms. The number of halogens is 4. The maximum Gasteiger partial charge on any atom is 0.280 e. The zero-order chi connectivity index (χ0) is 18.3. The van der Waals surface area contributed by atoms with Crippen molar-refractivity contribution in [2.75, 3.05) is 5.32 Å². The number of pyridine rings is 1. The van der Waals surface area contributed by atoms with Crippen molar-refractivity contribution in [3.8, 4) is 0 Å². The van der Waals surface area contributed by atoms with Gasteiger partial charge in [-0.15, -0.1) is 0 Å². The molecule has 0 radical (unpaired) electrons. The number of nitro groups is 1. The Kier molecular flexibility index (Phi) is 3.99. The second kappa shape index (κ2) is 6.00. The van der Waals surface area contributed by atoms with Crippen LogP contribution in [-0.2, 0) is 0 Å². The molecule has 0 atom stereocenters. The van der Waals surface area contributed by atoms with E-state index in [-0.39, 0.29) is 28.3 Å². The SMILES string of the molecule is Cc1ccc2c(Nc3c(F)c(F)cc(F)c3F)nccc2c1[N+](=O)[O-]. The van der Waals surface area contributed by atoms with Crippen LogP contribution in [-0.4, -0.2) is 9.91 Å². The number of hydrogen-bond donors (Lipinski definition) is 1. The van der Waals surface area contributed by atoms with Crippen molar-refractivity contribution in [2.45, 2.75) is 6.92 Å². The van der Waals surface area contributed by atoms with Gasteiger partial charge in [-0.05, 0) is 19.1 Å². The van der Waals surface area contributed by atoms with Gasteiger partial charge in [-0.25, -0.2) is 22.5 Å². The van der Waals surface area contributed by atoms with E-state index in [4.69, 9.17) is 0 Å². The van der Waals surface area contributed by atoms with E-state index in [2.05, 4.69) is 10.3 Å². The van der Waals surface area contributed by atoms with Gasteiger partial charge in [0, 0.05) is 23.2 Å². The quantitative estimate of drug-likeness (QED) is 0.320. The van der Waals surface area contributed by atoms with Crippen LogP contribution in [0.25, 0.3) is 10.8 Å². The first-order valence-electron chi connectivity index (χ1n) is 6.94. The number of rotatable bonds is 3. The third-order valence-electron chi connectivity index (χ3n) is 3.66. The molecule has 0 aliphatic heterocycles. The van der Waals surface area contributed by atoms with E-state index in [0.717, 1.165) is 0 Å². The predicted molar refractivity (Wildman–Crippen MR) is 82.7 cm³/mol. The highest BCUT2D eigenvalue weighted by atomic mass is 19.2. The lowest BCUT2D eigenvalue weighted by molar-refractivity contribution is -0.383. The summed E-state index contributed by atoms with van der Waals surface area (Å²) < 4.78 is 54.3. The van der Waals surface area contributed by atoms with Gasteiger partial charge >= 0.3 is 0 Å². The molecule has 2 aromatic carbocycles. The molecule has 0 amide bonds. The number of nitrogens with one attached hydrogen (secondary N) is 1. The summed E-state index contributed by atoms with van der Waals surface area (Å²) in [5.41, 5.74) is -0.890. The molecule has 1 heterocycles. The van der Waals surface area contributed by atoms with Crippen LogP contribution in [0.5, 0.6) is 0 Å². The van der Waals surface area contributed by atoms with Crippen molar-refractivity contribution in [1.82, 2.24) is 4.98 Å². The Morgan fingerprint density at radius 1 is 1.04 bits per heavy atom. The molecule has 1 aromatic heterocycles. The van der Waals surface area contributed by atoms with Crippen LogP contribution in [0.3, 0.4) is 0 Å². The van der Waals surface area contributed by atoms with Crippen LogP contribution in [0.1, 0.15) is 5.56 Å². The van der Waals surface area contributed by atoms with Gasteiger partial charge in [0.2, 0.25) is 0 Å². The molecule has 0 saturated carbocycles. The van der Waals surface area contributed by atoms with Crippen molar-refractivity contribution in [1.29, 1.82) is 0 Å². The van der Waals surface area contributed by atoms with Crippen LogP contribution in [0.4, 0.5) is 34.8 Å². The maximum absolute atomic E-state index is 13.8. The second-order valence-corrected chi connectivity index (χ2v) is 5.21. The van der Waals surface area contributed by atoms with Crippen molar-refractivity contribution < 1.29 is 22.5 Å². The van der Waals surface area contributed by atoms with Crippen molar-refractivity contribution in [3.63, 3.8) is 0 Å². The Labute approximate surface area is 138 Å². The number of aromatic nitrogens is 1. The predicted octanol–water partition coefficient (Wildman–Crippen LogP) is 4.75. The number of fused-ring (bicyclic) bond motifs is 1. The number of aryl methyl sites for hydroxylation is 1. The summed E-state index contributed by atoms with van der Waals surface area (Å²) in [6.45, 7) is 1.53. The summed E-state index contributed by atoms with van der Waals surface area (Å²) >= 11 is 0. The molecule has 3 aromatic rings. The third kappa shape index (κ3) is 2.73. The largest absolute Gasteiger partial charge is 0.335 e. The molecule has 5 nitrogen and oxygen atoms in total. The molecule has 3 rings (SSSR count). The van der Waals surface area contributed by atoms with Gasteiger partial charge in [-0.3, -0.25) is 10.1 Å². The molecule has 25 heavy (non-hydrogen) atoms. The van der Waals surface area contributed by atoms with E-state index in [0.29, 0.717) is 5.56 Å². The Hall–Kier alpha value is -3.23. The number of nitrogens with zero attached hydrogens (tertiary/aromatic N) is 2. The number of nitro benzene ring substituents is 1. The highest BCUT2D eigenvalue weighted by Gasteiger charge is 2.22. The Morgan fingerprint density at radius 3 is 2.28 bits per heavy atom. The van der Waals surface area contributed by atoms with Crippen LogP contribution in [0.15, 0.2) is 30.5 Å². The number of anilines is 2. The summed E-state index contributed by atoms with van der Waals surface area (Å²) in [6, 6.07) is 4.34. The van der Waals surface area contributed by atoms with Crippen molar-refractivity contribution >= 4 is 28.0 Å². The second-order valence-electron chi connectivity index (χ2n) is 5.21. The molecular weight excluding hydrogens is 342 g/mol. The van der Waals surface area contributed by atoms with Gasteiger partial charge in [0.1, 0.15) is 11.5 Å². The first-order valence-corrected chi connectivity index (χ1v) is 6.94. The molecular formula is C16H9F4N3O2. The fourth-order valence-corrected chi connectivity index (χ4v) is 2.49. The topological polar surface area (TPSA) is 68.1 Å². The summed E-state index contributed by atoms with van der Waals surface area (Å²) in [4.78, 5) is 14.5. The van der Waals surface area contributed by atoms with E-state index in [1.807, 2.05) is 0 Å². The lowest BCUT2D eigenvalue weighted by Gasteiger charge is -2.12. The van der Waals surface area contributed by atoms with Gasteiger partial charge in [-0.2, -0.15) is 0 Å². The normalized spacial score (nSPS) is 10.9. The van der Waals surface area contributed by atoms with Crippen LogP contribution >= 0.6 is 0 Å². The average Bonchev–Trinajstić information content (AvgIpc) is 2.56. The minimum absolute atomic E-state index is 0.0839. The molecule has 0 aliphatic carbocycles. The van der Waals surface area contributed by atoms with E-state index in [9.17, 15) is 27.7 Å². The fourth-order valence-electron chi connectivity index (χ4n) is 2.49. The average molecular weight is 351 g/mol. The lowest BCUT2D eigenvalue weighted by atomic mass is 10.1. The minimum Gasteiger partial charge on any atom is -0.335 e. The van der Waals surface area contributed by atoms with E-state index in [1.165, 1.54) is 31.3 Å². The summed E-state index contributed by atoms with van der Waals surface area (Å²) in [5, 5.41) is 13.8. The molecule has 0 fully saturated rings. The minimum atomic E-state index is -1.63. The van der Waals surface area contributed by atoms with Gasteiger partial charge in [0.05, 0.1) is 10.3 Å². The zero-order valence-electron chi connectivity index (χ0n) is 12.6. The molecule has 128 valence electrons. The number of hydrogen-bond acceptors (Lipinski definition) is 4. The highest BCUT2D eigenvalue weighted by Crippen LogP contribution is 2.34. The maximum atomic E-state index is 13.8. The van der Waals surface area contributed by atoms with Gasteiger partial charge in [-0.1, -0.05) is 6.07 Å². The fraction of sp³-hybridized carbons (Fsp3) is 0.0625. The van der Waals surface area contributed by atoms with Crippen molar-refractivity contribution in [2.24, 2.45) is 0 Å².